The Morgan fingerprint density at radius 1 is 0.778 bits per heavy atom. The summed E-state index contributed by atoms with van der Waals surface area (Å²) in [6.45, 7) is 10.8. The molecule has 0 aliphatic carbocycles. The monoisotopic (exact) mass is 603 g/mol. The summed E-state index contributed by atoms with van der Waals surface area (Å²) in [6, 6.07) is 20.2. The van der Waals surface area contributed by atoms with Crippen LogP contribution in [-0.4, -0.2) is 77.8 Å². The molecule has 2 aromatic carbocycles. The highest BCUT2D eigenvalue weighted by Crippen LogP contribution is 2.40. The van der Waals surface area contributed by atoms with E-state index in [0.29, 0.717) is 12.6 Å². The Hall–Kier alpha value is -3.91. The third kappa shape index (κ3) is 5.37. The summed E-state index contributed by atoms with van der Waals surface area (Å²) in [4.78, 5) is 25.1. The Balaban J connectivity index is 1.12. The highest BCUT2D eigenvalue weighted by Gasteiger charge is 2.45. The van der Waals surface area contributed by atoms with E-state index in [-0.39, 0.29) is 5.54 Å². The molecule has 3 fully saturated rings. The maximum atomic E-state index is 6.63. The number of nitrogens with zero attached hydrogens (tertiary/aromatic N) is 7. The van der Waals surface area contributed by atoms with Gasteiger partial charge in [0.15, 0.2) is 0 Å². The van der Waals surface area contributed by atoms with E-state index in [4.69, 9.17) is 14.7 Å². The first-order chi connectivity index (χ1) is 22.2. The van der Waals surface area contributed by atoms with Gasteiger partial charge in [0.1, 0.15) is 18.2 Å². The van der Waals surface area contributed by atoms with E-state index < -0.39 is 0 Å². The minimum absolute atomic E-state index is 0.163. The zero-order valence-electron chi connectivity index (χ0n) is 26.6. The van der Waals surface area contributed by atoms with E-state index in [1.807, 2.05) is 12.3 Å². The summed E-state index contributed by atoms with van der Waals surface area (Å²) in [7, 11) is 0. The third-order valence-corrected chi connectivity index (χ3v) is 10.8. The van der Waals surface area contributed by atoms with Crippen LogP contribution in [0.2, 0.25) is 0 Å². The van der Waals surface area contributed by atoms with Gasteiger partial charge in [0, 0.05) is 55.6 Å². The highest BCUT2D eigenvalue weighted by atomic mass is 16.5. The van der Waals surface area contributed by atoms with Crippen molar-refractivity contribution in [3.63, 3.8) is 0 Å². The molecular weight excluding hydrogens is 558 g/mol. The molecule has 8 nitrogen and oxygen atoms in total. The second-order valence-corrected chi connectivity index (χ2v) is 13.3. The SMILES string of the molecule is CCc1cccc2cccc(N3CCc4c(nc(OCC56CCCN5CCC6)nc4N4CCCN(c5ccccn5)CC4)C3)c12. The van der Waals surface area contributed by atoms with Gasteiger partial charge in [-0.2, -0.15) is 9.97 Å². The topological polar surface area (TPSA) is 60.9 Å². The Kier molecular flexibility index (Phi) is 7.69. The summed E-state index contributed by atoms with van der Waals surface area (Å²) in [5, 5.41) is 2.68. The zero-order chi connectivity index (χ0) is 30.2. The number of pyridine rings is 1. The Morgan fingerprint density at radius 3 is 2.42 bits per heavy atom. The van der Waals surface area contributed by atoms with E-state index in [1.54, 1.807) is 0 Å². The molecule has 0 amide bonds. The molecule has 2 aromatic heterocycles. The molecule has 8 rings (SSSR count). The number of hydrogen-bond acceptors (Lipinski definition) is 8. The number of anilines is 3. The van der Waals surface area contributed by atoms with Crippen LogP contribution in [0.4, 0.5) is 17.3 Å². The minimum atomic E-state index is 0.163. The lowest BCUT2D eigenvalue weighted by molar-refractivity contribution is 0.107. The molecule has 45 heavy (non-hydrogen) atoms. The molecule has 234 valence electrons. The fourth-order valence-electron chi connectivity index (χ4n) is 8.43. The Labute approximate surface area is 267 Å². The summed E-state index contributed by atoms with van der Waals surface area (Å²) < 4.78 is 6.63. The summed E-state index contributed by atoms with van der Waals surface area (Å²) >= 11 is 0. The molecule has 0 atom stereocenters. The minimum Gasteiger partial charge on any atom is -0.461 e. The van der Waals surface area contributed by atoms with E-state index >= 15 is 0 Å². The maximum absolute atomic E-state index is 6.63. The zero-order valence-corrected chi connectivity index (χ0v) is 26.6. The van der Waals surface area contributed by atoms with Gasteiger partial charge in [0.05, 0.1) is 17.8 Å². The van der Waals surface area contributed by atoms with Gasteiger partial charge < -0.3 is 19.4 Å². The van der Waals surface area contributed by atoms with Gasteiger partial charge in [-0.25, -0.2) is 4.98 Å². The van der Waals surface area contributed by atoms with Crippen LogP contribution < -0.4 is 19.4 Å². The Bertz CT molecular complexity index is 1640. The van der Waals surface area contributed by atoms with Crippen molar-refractivity contribution in [1.29, 1.82) is 0 Å². The second kappa shape index (κ2) is 12.1. The lowest BCUT2D eigenvalue weighted by Crippen LogP contribution is -2.43. The second-order valence-electron chi connectivity index (χ2n) is 13.3. The van der Waals surface area contributed by atoms with Crippen LogP contribution in [0.15, 0.2) is 60.8 Å². The predicted octanol–water partition coefficient (Wildman–Crippen LogP) is 5.87. The predicted molar refractivity (Wildman–Crippen MR) is 182 cm³/mol. The van der Waals surface area contributed by atoms with Crippen LogP contribution in [0.5, 0.6) is 6.01 Å². The van der Waals surface area contributed by atoms with E-state index in [0.717, 1.165) is 75.9 Å². The number of ether oxygens (including phenoxy) is 1. The van der Waals surface area contributed by atoms with Crippen molar-refractivity contribution in [2.75, 3.05) is 67.1 Å². The van der Waals surface area contributed by atoms with Crippen LogP contribution in [0.25, 0.3) is 10.8 Å². The highest BCUT2D eigenvalue weighted by molar-refractivity contribution is 5.97. The molecule has 0 unspecified atom stereocenters. The molecule has 0 spiro atoms. The van der Waals surface area contributed by atoms with Crippen LogP contribution in [0, 0.1) is 0 Å². The first kappa shape index (κ1) is 28.6. The number of fused-ring (bicyclic) bond motifs is 3. The van der Waals surface area contributed by atoms with Crippen LogP contribution in [0.1, 0.15) is 55.8 Å². The molecule has 0 saturated carbocycles. The quantitative estimate of drug-likeness (QED) is 0.260. The lowest BCUT2D eigenvalue weighted by Gasteiger charge is -2.35. The number of aromatic nitrogens is 3. The van der Waals surface area contributed by atoms with Gasteiger partial charge in [0.25, 0.3) is 0 Å². The van der Waals surface area contributed by atoms with Crippen molar-refractivity contribution in [2.45, 2.75) is 64.0 Å². The van der Waals surface area contributed by atoms with Gasteiger partial charge in [0.2, 0.25) is 0 Å². The number of rotatable bonds is 7. The van der Waals surface area contributed by atoms with Crippen molar-refractivity contribution < 1.29 is 4.74 Å². The van der Waals surface area contributed by atoms with Crippen molar-refractivity contribution in [3.8, 4) is 6.01 Å². The van der Waals surface area contributed by atoms with Crippen LogP contribution in [-0.2, 0) is 19.4 Å². The largest absolute Gasteiger partial charge is 0.461 e. The molecule has 4 aromatic rings. The first-order valence-electron chi connectivity index (χ1n) is 17.1. The molecule has 0 N–H and O–H groups in total. The molecular formula is C37H45N7O. The van der Waals surface area contributed by atoms with Crippen molar-refractivity contribution in [3.05, 3.63) is 77.6 Å². The van der Waals surface area contributed by atoms with Crippen LogP contribution in [0.3, 0.4) is 0 Å². The van der Waals surface area contributed by atoms with Gasteiger partial charge in [-0.3, -0.25) is 4.90 Å². The molecule has 3 saturated heterocycles. The lowest BCUT2D eigenvalue weighted by atomic mass is 9.95. The fourth-order valence-corrected chi connectivity index (χ4v) is 8.43. The Morgan fingerprint density at radius 2 is 1.60 bits per heavy atom. The molecule has 0 radical (unpaired) electrons. The average molecular weight is 604 g/mol. The molecule has 0 bridgehead atoms. The van der Waals surface area contributed by atoms with Gasteiger partial charge in [-0.1, -0.05) is 43.3 Å². The maximum Gasteiger partial charge on any atom is 0.318 e. The first-order valence-corrected chi connectivity index (χ1v) is 17.1. The number of aryl methyl sites for hydroxylation is 1. The summed E-state index contributed by atoms with van der Waals surface area (Å²) in [5.74, 6) is 2.14. The van der Waals surface area contributed by atoms with Crippen molar-refractivity contribution >= 4 is 28.1 Å². The fraction of sp³-hybridized carbons (Fsp3) is 0.486. The van der Waals surface area contributed by atoms with E-state index in [9.17, 15) is 0 Å². The molecule has 8 heteroatoms. The summed E-state index contributed by atoms with van der Waals surface area (Å²) in [5.41, 5.74) is 5.29. The number of hydrogen-bond donors (Lipinski definition) is 0. The average Bonchev–Trinajstić information content (AvgIpc) is 3.58. The van der Waals surface area contributed by atoms with Crippen molar-refractivity contribution in [1.82, 2.24) is 19.9 Å². The van der Waals surface area contributed by atoms with Crippen molar-refractivity contribution in [2.24, 2.45) is 0 Å². The van der Waals surface area contributed by atoms with Gasteiger partial charge in [-0.05, 0) is 87.2 Å². The normalized spacial score (nSPS) is 19.9. The summed E-state index contributed by atoms with van der Waals surface area (Å²) in [6.07, 6.45) is 9.86. The standard InChI is InChI=1S/C37H45N7O/c1-2-28-10-5-11-29-12-6-13-32(34(28)29)43-23-15-30-31(26-43)39-36(45-27-37-16-7-21-44(37)22-8-17-37)40-35(30)42-20-9-19-41(24-25-42)33-14-3-4-18-38-33/h3-6,10-14,18H,2,7-9,15-17,19-27H2,1H3. The smallest absolute Gasteiger partial charge is 0.318 e. The van der Waals surface area contributed by atoms with E-state index in [1.165, 1.54) is 66.4 Å². The molecule has 4 aliphatic rings. The number of benzene rings is 2. The van der Waals surface area contributed by atoms with Crippen LogP contribution >= 0.6 is 0 Å². The third-order valence-electron chi connectivity index (χ3n) is 10.8. The molecule has 6 heterocycles. The van der Waals surface area contributed by atoms with E-state index in [2.05, 4.69) is 80.0 Å². The van der Waals surface area contributed by atoms with Gasteiger partial charge in [-0.15, -0.1) is 0 Å². The molecule has 4 aliphatic heterocycles. The van der Waals surface area contributed by atoms with Gasteiger partial charge >= 0.3 is 6.01 Å².